The largest absolute Gasteiger partial charge is 0.493 e. The number of unbranched alkanes of at least 4 members (excludes halogenated alkanes) is 3. The molecular formula is C18H31NO. The molecule has 0 saturated heterocycles. The summed E-state index contributed by atoms with van der Waals surface area (Å²) in [6, 6.07) is 6.56. The van der Waals surface area contributed by atoms with Crippen molar-refractivity contribution in [3.05, 3.63) is 29.3 Å². The van der Waals surface area contributed by atoms with E-state index >= 15 is 0 Å². The molecule has 0 radical (unpaired) electrons. The molecule has 1 N–H and O–H groups in total. The zero-order chi connectivity index (χ0) is 15.0. The number of aryl methyl sites for hydroxylation is 1. The van der Waals surface area contributed by atoms with Gasteiger partial charge in [-0.3, -0.25) is 0 Å². The van der Waals surface area contributed by atoms with Crippen LogP contribution in [0.5, 0.6) is 5.75 Å². The van der Waals surface area contributed by atoms with E-state index in [-0.39, 0.29) is 5.41 Å². The van der Waals surface area contributed by atoms with Crippen molar-refractivity contribution in [2.24, 2.45) is 0 Å². The van der Waals surface area contributed by atoms with Crippen LogP contribution in [0.25, 0.3) is 0 Å². The summed E-state index contributed by atoms with van der Waals surface area (Å²) < 4.78 is 5.90. The summed E-state index contributed by atoms with van der Waals surface area (Å²) in [5.41, 5.74) is 2.82. The fraction of sp³-hybridized carbons (Fsp3) is 0.667. The van der Waals surface area contributed by atoms with Crippen molar-refractivity contribution < 1.29 is 4.74 Å². The second-order valence-electron chi connectivity index (χ2n) is 6.60. The first kappa shape index (κ1) is 17.0. The zero-order valence-electron chi connectivity index (χ0n) is 13.9. The molecule has 0 heterocycles. The number of benzene rings is 1. The highest BCUT2D eigenvalue weighted by atomic mass is 16.5. The number of hydrogen-bond donors (Lipinski definition) is 1. The van der Waals surface area contributed by atoms with Crippen LogP contribution in [0, 0.1) is 6.92 Å². The SMILES string of the molecule is CNCCCCCCOc1ccc(C(C)(C)C)cc1C. The summed E-state index contributed by atoms with van der Waals surface area (Å²) in [5, 5.41) is 3.18. The van der Waals surface area contributed by atoms with E-state index in [0.717, 1.165) is 25.3 Å². The molecule has 1 aromatic carbocycles. The molecule has 20 heavy (non-hydrogen) atoms. The molecule has 0 atom stereocenters. The Morgan fingerprint density at radius 2 is 1.75 bits per heavy atom. The second-order valence-corrected chi connectivity index (χ2v) is 6.60. The van der Waals surface area contributed by atoms with Crippen LogP contribution in [0.15, 0.2) is 18.2 Å². The Morgan fingerprint density at radius 1 is 1.05 bits per heavy atom. The van der Waals surface area contributed by atoms with Crippen LogP contribution in [0.1, 0.15) is 57.6 Å². The highest BCUT2D eigenvalue weighted by Gasteiger charge is 2.14. The Morgan fingerprint density at radius 3 is 2.35 bits per heavy atom. The van der Waals surface area contributed by atoms with E-state index in [1.54, 1.807) is 0 Å². The second kappa shape index (κ2) is 8.31. The van der Waals surface area contributed by atoms with E-state index in [0.29, 0.717) is 0 Å². The van der Waals surface area contributed by atoms with Gasteiger partial charge in [0.2, 0.25) is 0 Å². The van der Waals surface area contributed by atoms with Crippen molar-refractivity contribution in [1.82, 2.24) is 5.32 Å². The van der Waals surface area contributed by atoms with Gasteiger partial charge in [-0.2, -0.15) is 0 Å². The minimum Gasteiger partial charge on any atom is -0.493 e. The van der Waals surface area contributed by atoms with Crippen LogP contribution < -0.4 is 10.1 Å². The maximum atomic E-state index is 5.90. The molecule has 2 nitrogen and oxygen atoms in total. The predicted molar refractivity (Wildman–Crippen MR) is 87.8 cm³/mol. The molecule has 0 aliphatic carbocycles. The normalized spacial score (nSPS) is 11.7. The van der Waals surface area contributed by atoms with Gasteiger partial charge in [-0.15, -0.1) is 0 Å². The monoisotopic (exact) mass is 277 g/mol. The predicted octanol–water partition coefficient (Wildman–Crippen LogP) is 4.45. The maximum absolute atomic E-state index is 5.90. The van der Waals surface area contributed by atoms with Crippen LogP contribution >= 0.6 is 0 Å². The van der Waals surface area contributed by atoms with Crippen LogP contribution in [0.4, 0.5) is 0 Å². The number of ether oxygens (including phenoxy) is 1. The molecule has 0 amide bonds. The van der Waals surface area contributed by atoms with E-state index in [1.807, 2.05) is 7.05 Å². The molecule has 0 aliphatic heterocycles. The molecule has 0 saturated carbocycles. The molecule has 0 aliphatic rings. The number of hydrogen-bond acceptors (Lipinski definition) is 2. The Balaban J connectivity index is 2.34. The van der Waals surface area contributed by atoms with Crippen LogP contribution in [0.3, 0.4) is 0 Å². The first-order valence-electron chi connectivity index (χ1n) is 7.83. The molecule has 2 heteroatoms. The average molecular weight is 277 g/mol. The Kier molecular flexibility index (Phi) is 7.08. The Bertz CT molecular complexity index is 393. The minimum atomic E-state index is 0.205. The van der Waals surface area contributed by atoms with Gasteiger partial charge in [-0.05, 0) is 56.0 Å². The minimum absolute atomic E-state index is 0.205. The summed E-state index contributed by atoms with van der Waals surface area (Å²) in [6.45, 7) is 10.8. The van der Waals surface area contributed by atoms with E-state index in [1.165, 1.54) is 30.4 Å². The summed E-state index contributed by atoms with van der Waals surface area (Å²) in [4.78, 5) is 0. The maximum Gasteiger partial charge on any atom is 0.122 e. The van der Waals surface area contributed by atoms with Gasteiger partial charge < -0.3 is 10.1 Å². The van der Waals surface area contributed by atoms with Crippen molar-refractivity contribution in [2.75, 3.05) is 20.2 Å². The Hall–Kier alpha value is -1.02. The first-order chi connectivity index (χ1) is 9.45. The van der Waals surface area contributed by atoms with Crippen LogP contribution in [0.2, 0.25) is 0 Å². The van der Waals surface area contributed by atoms with Crippen molar-refractivity contribution in [3.63, 3.8) is 0 Å². The van der Waals surface area contributed by atoms with Crippen molar-refractivity contribution in [3.8, 4) is 5.75 Å². The van der Waals surface area contributed by atoms with Gasteiger partial charge in [-0.25, -0.2) is 0 Å². The molecule has 0 spiro atoms. The molecule has 0 bridgehead atoms. The highest BCUT2D eigenvalue weighted by molar-refractivity contribution is 5.38. The standard InChI is InChI=1S/C18H31NO/c1-15-14-16(18(2,3)4)10-11-17(15)20-13-9-7-6-8-12-19-5/h10-11,14,19H,6-9,12-13H2,1-5H3. The van der Waals surface area contributed by atoms with E-state index < -0.39 is 0 Å². The summed E-state index contributed by atoms with van der Waals surface area (Å²) in [7, 11) is 2.01. The van der Waals surface area contributed by atoms with Gasteiger partial charge in [-0.1, -0.05) is 45.7 Å². The Labute approximate surface area is 124 Å². The number of nitrogens with one attached hydrogen (secondary N) is 1. The lowest BCUT2D eigenvalue weighted by Gasteiger charge is -2.20. The molecular weight excluding hydrogens is 246 g/mol. The molecule has 114 valence electrons. The summed E-state index contributed by atoms with van der Waals surface area (Å²) in [6.07, 6.45) is 4.94. The van der Waals surface area contributed by atoms with Gasteiger partial charge in [0.1, 0.15) is 5.75 Å². The molecule has 0 unspecified atom stereocenters. The van der Waals surface area contributed by atoms with Crippen molar-refractivity contribution in [1.29, 1.82) is 0 Å². The van der Waals surface area contributed by atoms with Crippen LogP contribution in [-0.4, -0.2) is 20.2 Å². The third kappa shape index (κ3) is 5.96. The third-order valence-electron chi connectivity index (χ3n) is 3.62. The summed E-state index contributed by atoms with van der Waals surface area (Å²) >= 11 is 0. The average Bonchev–Trinajstić information content (AvgIpc) is 2.38. The highest BCUT2D eigenvalue weighted by Crippen LogP contribution is 2.27. The lowest BCUT2D eigenvalue weighted by atomic mass is 9.86. The van der Waals surface area contributed by atoms with E-state index in [9.17, 15) is 0 Å². The quantitative estimate of drug-likeness (QED) is 0.709. The molecule has 0 fully saturated rings. The van der Waals surface area contributed by atoms with Crippen molar-refractivity contribution >= 4 is 0 Å². The van der Waals surface area contributed by atoms with E-state index in [4.69, 9.17) is 4.74 Å². The lowest BCUT2D eigenvalue weighted by molar-refractivity contribution is 0.302. The lowest BCUT2D eigenvalue weighted by Crippen LogP contribution is -2.11. The first-order valence-corrected chi connectivity index (χ1v) is 7.83. The van der Waals surface area contributed by atoms with Gasteiger partial charge >= 0.3 is 0 Å². The molecule has 1 aromatic rings. The van der Waals surface area contributed by atoms with Gasteiger partial charge in [0.05, 0.1) is 6.61 Å². The van der Waals surface area contributed by atoms with Crippen molar-refractivity contribution in [2.45, 2.75) is 58.8 Å². The topological polar surface area (TPSA) is 21.3 Å². The van der Waals surface area contributed by atoms with Gasteiger partial charge in [0.15, 0.2) is 0 Å². The van der Waals surface area contributed by atoms with E-state index in [2.05, 4.69) is 51.2 Å². The zero-order valence-corrected chi connectivity index (χ0v) is 13.9. The molecule has 1 rings (SSSR count). The van der Waals surface area contributed by atoms with Gasteiger partial charge in [0.25, 0.3) is 0 Å². The summed E-state index contributed by atoms with van der Waals surface area (Å²) in [5.74, 6) is 1.04. The number of rotatable bonds is 8. The third-order valence-corrected chi connectivity index (χ3v) is 3.62. The fourth-order valence-electron chi connectivity index (χ4n) is 2.22. The molecule has 0 aromatic heterocycles. The van der Waals surface area contributed by atoms with Crippen LogP contribution in [-0.2, 0) is 5.41 Å². The fourth-order valence-corrected chi connectivity index (χ4v) is 2.22. The van der Waals surface area contributed by atoms with Gasteiger partial charge in [0, 0.05) is 0 Å². The smallest absolute Gasteiger partial charge is 0.122 e.